The molecule has 4 rings (SSSR count). The Balaban J connectivity index is 1.44. The minimum absolute atomic E-state index is 0.0744. The Morgan fingerprint density at radius 1 is 1.09 bits per heavy atom. The maximum Gasteiger partial charge on any atom is 0.322 e. The van der Waals surface area contributed by atoms with Crippen molar-refractivity contribution < 1.29 is 9.53 Å². The molecule has 184 valence electrons. The SMILES string of the molecule is CCCN1CCCc2cc(CN(CCCN3CCOCC3)C(=O)Nc3ccc(Cl)cc3)ccc21. The number of rotatable bonds is 9. The summed E-state index contributed by atoms with van der Waals surface area (Å²) in [6.07, 6.45) is 4.39. The molecule has 0 bridgehead atoms. The summed E-state index contributed by atoms with van der Waals surface area (Å²) in [7, 11) is 0. The zero-order valence-corrected chi connectivity index (χ0v) is 21.0. The van der Waals surface area contributed by atoms with Crippen molar-refractivity contribution in [3.05, 3.63) is 58.6 Å². The van der Waals surface area contributed by atoms with Crippen molar-refractivity contribution in [2.24, 2.45) is 0 Å². The second kappa shape index (κ2) is 12.4. The van der Waals surface area contributed by atoms with Gasteiger partial charge in [-0.3, -0.25) is 4.90 Å². The predicted octanol–water partition coefficient (Wildman–Crippen LogP) is 5.26. The predicted molar refractivity (Wildman–Crippen MR) is 140 cm³/mol. The average Bonchev–Trinajstić information content (AvgIpc) is 2.86. The van der Waals surface area contributed by atoms with E-state index in [0.29, 0.717) is 18.1 Å². The Morgan fingerprint density at radius 2 is 1.88 bits per heavy atom. The van der Waals surface area contributed by atoms with Crippen LogP contribution in [0.1, 0.15) is 37.3 Å². The number of hydrogen-bond acceptors (Lipinski definition) is 4. The fraction of sp³-hybridized carbons (Fsp3) is 0.519. The van der Waals surface area contributed by atoms with Gasteiger partial charge in [-0.2, -0.15) is 0 Å². The molecule has 2 aromatic carbocycles. The smallest absolute Gasteiger partial charge is 0.322 e. The van der Waals surface area contributed by atoms with E-state index < -0.39 is 0 Å². The highest BCUT2D eigenvalue weighted by molar-refractivity contribution is 6.30. The number of aryl methyl sites for hydroxylation is 1. The molecule has 0 unspecified atom stereocenters. The zero-order valence-electron chi connectivity index (χ0n) is 20.3. The van der Waals surface area contributed by atoms with E-state index >= 15 is 0 Å². The molecule has 1 saturated heterocycles. The number of halogens is 1. The standard InChI is InChI=1S/C27H37ClN4O2/c1-2-12-31-14-3-5-23-20-22(6-11-26(23)31)21-32(15-4-13-30-16-18-34-19-17-30)27(33)29-25-9-7-24(28)8-10-25/h6-11,20H,2-5,12-19,21H2,1H3,(H,29,33). The number of amides is 2. The lowest BCUT2D eigenvalue weighted by Crippen LogP contribution is -2.40. The number of ether oxygens (including phenoxy) is 1. The van der Waals surface area contributed by atoms with Crippen molar-refractivity contribution in [1.82, 2.24) is 9.80 Å². The lowest BCUT2D eigenvalue weighted by molar-refractivity contribution is 0.0365. The van der Waals surface area contributed by atoms with Gasteiger partial charge < -0.3 is 19.9 Å². The summed E-state index contributed by atoms with van der Waals surface area (Å²) in [5.41, 5.74) is 4.72. The second-order valence-corrected chi connectivity index (χ2v) is 9.66. The van der Waals surface area contributed by atoms with Crippen molar-refractivity contribution in [3.63, 3.8) is 0 Å². The molecule has 7 heteroatoms. The molecular formula is C27H37ClN4O2. The largest absolute Gasteiger partial charge is 0.379 e. The monoisotopic (exact) mass is 484 g/mol. The Morgan fingerprint density at radius 3 is 2.65 bits per heavy atom. The third-order valence-electron chi connectivity index (χ3n) is 6.61. The summed E-state index contributed by atoms with van der Waals surface area (Å²) in [5, 5.41) is 3.71. The lowest BCUT2D eigenvalue weighted by atomic mass is 9.98. The number of hydrogen-bond donors (Lipinski definition) is 1. The van der Waals surface area contributed by atoms with E-state index in [9.17, 15) is 4.79 Å². The first-order valence-electron chi connectivity index (χ1n) is 12.6. The van der Waals surface area contributed by atoms with Crippen LogP contribution in [0.5, 0.6) is 0 Å². The van der Waals surface area contributed by atoms with E-state index in [1.54, 1.807) is 12.1 Å². The van der Waals surface area contributed by atoms with Gasteiger partial charge in [-0.15, -0.1) is 0 Å². The summed E-state index contributed by atoms with van der Waals surface area (Å²) in [6, 6.07) is 14.0. The lowest BCUT2D eigenvalue weighted by Gasteiger charge is -2.32. The third kappa shape index (κ3) is 6.87. The molecule has 0 aliphatic carbocycles. The van der Waals surface area contributed by atoms with E-state index in [2.05, 4.69) is 40.2 Å². The van der Waals surface area contributed by atoms with Gasteiger partial charge in [-0.05, 0) is 67.1 Å². The van der Waals surface area contributed by atoms with Crippen molar-refractivity contribution >= 4 is 29.0 Å². The van der Waals surface area contributed by atoms with Gasteiger partial charge in [0.05, 0.1) is 13.2 Å². The summed E-state index contributed by atoms with van der Waals surface area (Å²) < 4.78 is 5.46. The molecule has 2 aliphatic rings. The fourth-order valence-electron chi connectivity index (χ4n) is 4.85. The highest BCUT2D eigenvalue weighted by atomic mass is 35.5. The molecule has 2 aliphatic heterocycles. The van der Waals surface area contributed by atoms with Gasteiger partial charge in [0.25, 0.3) is 0 Å². The quantitative estimate of drug-likeness (QED) is 0.527. The van der Waals surface area contributed by atoms with Gasteiger partial charge in [-0.1, -0.05) is 30.7 Å². The Labute approximate surface area is 208 Å². The molecule has 0 atom stereocenters. The molecule has 0 saturated carbocycles. The van der Waals surface area contributed by atoms with Gasteiger partial charge in [0.2, 0.25) is 0 Å². The highest BCUT2D eigenvalue weighted by Gasteiger charge is 2.19. The van der Waals surface area contributed by atoms with Crippen LogP contribution in [0.3, 0.4) is 0 Å². The maximum atomic E-state index is 13.3. The highest BCUT2D eigenvalue weighted by Crippen LogP contribution is 2.28. The summed E-state index contributed by atoms with van der Waals surface area (Å²) in [6.45, 7) is 10.3. The number of nitrogens with zero attached hydrogens (tertiary/aromatic N) is 3. The molecule has 0 aromatic heterocycles. The van der Waals surface area contributed by atoms with Crippen LogP contribution in [0, 0.1) is 0 Å². The first-order valence-corrected chi connectivity index (χ1v) is 13.0. The number of morpholine rings is 1. The number of urea groups is 1. The van der Waals surface area contributed by atoms with Gasteiger partial charge in [-0.25, -0.2) is 4.79 Å². The van der Waals surface area contributed by atoms with Gasteiger partial charge in [0.1, 0.15) is 0 Å². The maximum absolute atomic E-state index is 13.3. The summed E-state index contributed by atoms with van der Waals surface area (Å²) in [5.74, 6) is 0. The average molecular weight is 485 g/mol. The first-order chi connectivity index (χ1) is 16.6. The van der Waals surface area contributed by atoms with Crippen LogP contribution in [-0.2, 0) is 17.7 Å². The van der Waals surface area contributed by atoms with Crippen LogP contribution < -0.4 is 10.2 Å². The van der Waals surface area contributed by atoms with E-state index in [1.807, 2.05) is 17.0 Å². The van der Waals surface area contributed by atoms with Crippen LogP contribution in [0.15, 0.2) is 42.5 Å². The van der Waals surface area contributed by atoms with E-state index in [-0.39, 0.29) is 6.03 Å². The summed E-state index contributed by atoms with van der Waals surface area (Å²) >= 11 is 6.01. The third-order valence-corrected chi connectivity index (χ3v) is 6.87. The Hall–Kier alpha value is -2.28. The molecule has 1 N–H and O–H groups in total. The summed E-state index contributed by atoms with van der Waals surface area (Å²) in [4.78, 5) is 20.1. The number of nitrogens with one attached hydrogen (secondary N) is 1. The van der Waals surface area contributed by atoms with E-state index in [1.165, 1.54) is 23.2 Å². The minimum atomic E-state index is -0.0744. The molecule has 2 heterocycles. The van der Waals surface area contributed by atoms with Crippen LogP contribution in [0.2, 0.25) is 5.02 Å². The van der Waals surface area contributed by atoms with Gasteiger partial charge >= 0.3 is 6.03 Å². The van der Waals surface area contributed by atoms with Crippen molar-refractivity contribution in [1.29, 1.82) is 0 Å². The van der Waals surface area contributed by atoms with Crippen LogP contribution in [0.25, 0.3) is 0 Å². The number of carbonyl (C=O) groups is 1. The molecule has 0 radical (unpaired) electrons. The molecule has 0 spiro atoms. The zero-order chi connectivity index (χ0) is 23.8. The Bertz CT molecular complexity index is 931. The van der Waals surface area contributed by atoms with Crippen molar-refractivity contribution in [3.8, 4) is 0 Å². The molecule has 2 amide bonds. The fourth-order valence-corrected chi connectivity index (χ4v) is 4.97. The van der Waals surface area contributed by atoms with E-state index in [0.717, 1.165) is 70.9 Å². The first kappa shape index (κ1) is 24.8. The van der Waals surface area contributed by atoms with Crippen LogP contribution >= 0.6 is 11.6 Å². The topological polar surface area (TPSA) is 48.1 Å². The van der Waals surface area contributed by atoms with Crippen molar-refractivity contribution in [2.75, 3.05) is 62.7 Å². The molecule has 1 fully saturated rings. The minimum Gasteiger partial charge on any atom is -0.379 e. The molecular weight excluding hydrogens is 448 g/mol. The van der Waals surface area contributed by atoms with Crippen LogP contribution in [-0.4, -0.2) is 68.3 Å². The molecule has 6 nitrogen and oxygen atoms in total. The van der Waals surface area contributed by atoms with E-state index in [4.69, 9.17) is 16.3 Å². The van der Waals surface area contributed by atoms with Gasteiger partial charge in [0.15, 0.2) is 0 Å². The second-order valence-electron chi connectivity index (χ2n) is 9.22. The molecule has 34 heavy (non-hydrogen) atoms. The molecule has 2 aromatic rings. The van der Waals surface area contributed by atoms with Gasteiger partial charge in [0, 0.05) is 62.2 Å². The number of carbonyl (C=O) groups excluding carboxylic acids is 1. The Kier molecular flexibility index (Phi) is 9.08. The normalized spacial score (nSPS) is 16.2. The number of fused-ring (bicyclic) bond motifs is 1. The van der Waals surface area contributed by atoms with Crippen LogP contribution in [0.4, 0.5) is 16.2 Å². The van der Waals surface area contributed by atoms with Crippen molar-refractivity contribution in [2.45, 2.75) is 39.2 Å². The number of benzene rings is 2. The number of anilines is 2.